The third kappa shape index (κ3) is 2.96. The summed E-state index contributed by atoms with van der Waals surface area (Å²) in [6, 6.07) is 0.728. The zero-order valence-corrected chi connectivity index (χ0v) is 9.76. The fourth-order valence-corrected chi connectivity index (χ4v) is 2.55. The quantitative estimate of drug-likeness (QED) is 0.724. The van der Waals surface area contributed by atoms with E-state index in [1.54, 1.807) is 0 Å². The Balaban J connectivity index is 2.51. The predicted molar refractivity (Wildman–Crippen MR) is 62.3 cm³/mol. The van der Waals surface area contributed by atoms with Crippen LogP contribution in [0.4, 0.5) is 0 Å². The standard InChI is InChI=1S/C12H25N2/c1-4-7-11(5-2)12-10-13-8-9-14(12)6-3/h11-13H,3-10H2,1-2H3. The fraction of sp³-hybridized carbons (Fsp3) is 0.917. The fourth-order valence-electron chi connectivity index (χ4n) is 2.55. The molecular weight excluding hydrogens is 172 g/mol. The van der Waals surface area contributed by atoms with Gasteiger partial charge in [0.1, 0.15) is 0 Å². The van der Waals surface area contributed by atoms with Crippen molar-refractivity contribution in [2.24, 2.45) is 5.92 Å². The molecule has 2 atom stereocenters. The molecule has 0 aromatic rings. The summed E-state index contributed by atoms with van der Waals surface area (Å²) < 4.78 is 0. The number of hydrogen-bond acceptors (Lipinski definition) is 2. The summed E-state index contributed by atoms with van der Waals surface area (Å²) in [7, 11) is 0. The minimum Gasteiger partial charge on any atom is -0.314 e. The lowest BCUT2D eigenvalue weighted by atomic mass is 9.90. The Morgan fingerprint density at radius 1 is 1.50 bits per heavy atom. The topological polar surface area (TPSA) is 15.3 Å². The van der Waals surface area contributed by atoms with E-state index in [0.717, 1.165) is 31.6 Å². The molecule has 0 bridgehead atoms. The van der Waals surface area contributed by atoms with E-state index in [2.05, 4.69) is 31.0 Å². The Bertz CT molecular complexity index is 147. The van der Waals surface area contributed by atoms with Gasteiger partial charge in [0.25, 0.3) is 0 Å². The molecule has 0 saturated carbocycles. The normalized spacial score (nSPS) is 26.4. The van der Waals surface area contributed by atoms with Gasteiger partial charge in [-0.05, 0) is 25.8 Å². The molecule has 1 aliphatic heterocycles. The number of piperazine rings is 1. The Morgan fingerprint density at radius 3 is 2.86 bits per heavy atom. The van der Waals surface area contributed by atoms with Crippen LogP contribution in [0.3, 0.4) is 0 Å². The minimum atomic E-state index is 0.728. The van der Waals surface area contributed by atoms with E-state index in [9.17, 15) is 0 Å². The van der Waals surface area contributed by atoms with Crippen LogP contribution in [0.1, 0.15) is 33.1 Å². The van der Waals surface area contributed by atoms with Crippen LogP contribution in [0.2, 0.25) is 0 Å². The summed E-state index contributed by atoms with van der Waals surface area (Å²) in [5.74, 6) is 0.856. The van der Waals surface area contributed by atoms with Crippen molar-refractivity contribution in [2.45, 2.75) is 39.2 Å². The Hall–Kier alpha value is -0.0800. The van der Waals surface area contributed by atoms with Crippen molar-refractivity contribution in [1.29, 1.82) is 0 Å². The van der Waals surface area contributed by atoms with Crippen molar-refractivity contribution in [3.63, 3.8) is 0 Å². The van der Waals surface area contributed by atoms with Crippen molar-refractivity contribution < 1.29 is 0 Å². The second-order valence-corrected chi connectivity index (χ2v) is 4.26. The highest BCUT2D eigenvalue weighted by Crippen LogP contribution is 2.21. The number of nitrogens with zero attached hydrogens (tertiary/aromatic N) is 1. The first-order chi connectivity index (χ1) is 6.83. The first kappa shape index (κ1) is 12.0. The molecule has 0 aromatic heterocycles. The third-order valence-electron chi connectivity index (χ3n) is 3.41. The summed E-state index contributed by atoms with van der Waals surface area (Å²) in [5, 5.41) is 3.50. The molecular formula is C12H25N2. The number of rotatable bonds is 5. The zero-order chi connectivity index (χ0) is 10.4. The Kier molecular flexibility index (Phi) is 5.49. The molecule has 1 N–H and O–H groups in total. The summed E-state index contributed by atoms with van der Waals surface area (Å²) in [4.78, 5) is 2.54. The van der Waals surface area contributed by atoms with Gasteiger partial charge in [0.15, 0.2) is 0 Å². The summed E-state index contributed by atoms with van der Waals surface area (Å²) in [6.45, 7) is 13.1. The smallest absolute Gasteiger partial charge is 0.0249 e. The van der Waals surface area contributed by atoms with Crippen LogP contribution in [-0.2, 0) is 0 Å². The van der Waals surface area contributed by atoms with Crippen molar-refractivity contribution in [2.75, 3.05) is 26.2 Å². The average Bonchev–Trinajstić information content (AvgIpc) is 2.26. The SMILES string of the molecule is [CH2]CN1CCNCC1C(CC)CCC. The van der Waals surface area contributed by atoms with E-state index in [1.807, 2.05) is 0 Å². The largest absolute Gasteiger partial charge is 0.314 e. The molecule has 1 radical (unpaired) electrons. The van der Waals surface area contributed by atoms with Gasteiger partial charge in [-0.3, -0.25) is 4.90 Å². The second kappa shape index (κ2) is 6.41. The molecule has 1 heterocycles. The molecule has 0 amide bonds. The molecule has 0 aliphatic carbocycles. The van der Waals surface area contributed by atoms with Gasteiger partial charge in [-0.25, -0.2) is 0 Å². The van der Waals surface area contributed by atoms with Gasteiger partial charge in [-0.2, -0.15) is 0 Å². The van der Waals surface area contributed by atoms with Crippen LogP contribution in [0.25, 0.3) is 0 Å². The molecule has 0 spiro atoms. The summed E-state index contributed by atoms with van der Waals surface area (Å²) >= 11 is 0. The first-order valence-corrected chi connectivity index (χ1v) is 6.07. The molecule has 0 aromatic carbocycles. The molecule has 1 aliphatic rings. The highest BCUT2D eigenvalue weighted by atomic mass is 15.2. The molecule has 2 unspecified atom stereocenters. The van der Waals surface area contributed by atoms with Crippen molar-refractivity contribution in [3.8, 4) is 0 Å². The maximum atomic E-state index is 4.03. The van der Waals surface area contributed by atoms with Gasteiger partial charge in [0, 0.05) is 25.7 Å². The molecule has 1 fully saturated rings. The van der Waals surface area contributed by atoms with Gasteiger partial charge >= 0.3 is 0 Å². The van der Waals surface area contributed by atoms with E-state index in [4.69, 9.17) is 0 Å². The second-order valence-electron chi connectivity index (χ2n) is 4.26. The lowest BCUT2D eigenvalue weighted by molar-refractivity contribution is 0.117. The van der Waals surface area contributed by atoms with Crippen LogP contribution in [0, 0.1) is 12.8 Å². The predicted octanol–water partition coefficient (Wildman–Crippen LogP) is 1.92. The van der Waals surface area contributed by atoms with E-state index in [-0.39, 0.29) is 0 Å². The van der Waals surface area contributed by atoms with E-state index in [1.165, 1.54) is 25.8 Å². The van der Waals surface area contributed by atoms with E-state index < -0.39 is 0 Å². The number of nitrogens with one attached hydrogen (secondary N) is 1. The molecule has 14 heavy (non-hydrogen) atoms. The van der Waals surface area contributed by atoms with E-state index in [0.29, 0.717) is 0 Å². The molecule has 83 valence electrons. The molecule has 1 saturated heterocycles. The van der Waals surface area contributed by atoms with Crippen LogP contribution < -0.4 is 5.32 Å². The summed E-state index contributed by atoms with van der Waals surface area (Å²) in [5.41, 5.74) is 0. The third-order valence-corrected chi connectivity index (χ3v) is 3.41. The lowest BCUT2D eigenvalue weighted by Crippen LogP contribution is -2.54. The van der Waals surface area contributed by atoms with E-state index >= 15 is 0 Å². The minimum absolute atomic E-state index is 0.728. The van der Waals surface area contributed by atoms with Gasteiger partial charge in [-0.15, -0.1) is 0 Å². The lowest BCUT2D eigenvalue weighted by Gasteiger charge is -2.40. The zero-order valence-electron chi connectivity index (χ0n) is 9.76. The monoisotopic (exact) mass is 197 g/mol. The van der Waals surface area contributed by atoms with Crippen molar-refractivity contribution >= 4 is 0 Å². The Morgan fingerprint density at radius 2 is 2.29 bits per heavy atom. The molecule has 1 rings (SSSR count). The van der Waals surface area contributed by atoms with Crippen LogP contribution in [-0.4, -0.2) is 37.1 Å². The summed E-state index contributed by atoms with van der Waals surface area (Å²) in [6.07, 6.45) is 3.97. The van der Waals surface area contributed by atoms with Gasteiger partial charge in [-0.1, -0.05) is 26.7 Å². The average molecular weight is 197 g/mol. The highest BCUT2D eigenvalue weighted by Gasteiger charge is 2.26. The highest BCUT2D eigenvalue weighted by molar-refractivity contribution is 4.85. The van der Waals surface area contributed by atoms with Crippen molar-refractivity contribution in [1.82, 2.24) is 10.2 Å². The van der Waals surface area contributed by atoms with Crippen LogP contribution in [0.15, 0.2) is 0 Å². The maximum Gasteiger partial charge on any atom is 0.0249 e. The molecule has 2 nitrogen and oxygen atoms in total. The Labute approximate surface area is 89.1 Å². The van der Waals surface area contributed by atoms with Crippen molar-refractivity contribution in [3.05, 3.63) is 6.92 Å². The first-order valence-electron chi connectivity index (χ1n) is 6.07. The maximum absolute atomic E-state index is 4.03. The van der Waals surface area contributed by atoms with Gasteiger partial charge in [0.05, 0.1) is 0 Å². The van der Waals surface area contributed by atoms with Gasteiger partial charge in [0.2, 0.25) is 0 Å². The van der Waals surface area contributed by atoms with Crippen LogP contribution >= 0.6 is 0 Å². The molecule has 2 heteroatoms. The number of hydrogen-bond donors (Lipinski definition) is 1. The van der Waals surface area contributed by atoms with Gasteiger partial charge < -0.3 is 5.32 Å². The van der Waals surface area contributed by atoms with Crippen LogP contribution in [0.5, 0.6) is 0 Å².